The average molecular weight is 185 g/mol. The number of ether oxygens (including phenoxy) is 2. The van der Waals surface area contributed by atoms with Crippen LogP contribution in [0.4, 0.5) is 0 Å². The minimum Gasteiger partial charge on any atom is -0.383 e. The number of nitrogens with one attached hydrogen (secondary N) is 1. The van der Waals surface area contributed by atoms with E-state index in [1.54, 1.807) is 14.2 Å². The molecule has 1 unspecified atom stereocenters. The zero-order valence-corrected chi connectivity index (χ0v) is 8.25. The number of methoxy groups -OCH3 is 2. The van der Waals surface area contributed by atoms with E-state index in [-0.39, 0.29) is 6.10 Å². The summed E-state index contributed by atoms with van der Waals surface area (Å²) in [5.41, 5.74) is 1.03. The lowest BCUT2D eigenvalue weighted by atomic mass is 10.3. The molecule has 4 heteroatoms. The van der Waals surface area contributed by atoms with Gasteiger partial charge in [0, 0.05) is 27.0 Å². The predicted octanol–water partition coefficient (Wildman–Crippen LogP) is 0.186. The van der Waals surface area contributed by atoms with Crippen LogP contribution < -0.4 is 5.32 Å². The van der Waals surface area contributed by atoms with Crippen molar-refractivity contribution < 1.29 is 9.47 Å². The van der Waals surface area contributed by atoms with Crippen LogP contribution in [0.2, 0.25) is 0 Å². The summed E-state index contributed by atoms with van der Waals surface area (Å²) in [6.07, 6.45) is 1.92. The van der Waals surface area contributed by atoms with Crippen LogP contribution in [0.3, 0.4) is 0 Å². The van der Waals surface area contributed by atoms with Gasteiger partial charge in [-0.15, -0.1) is 0 Å². The third-order valence-electron chi connectivity index (χ3n) is 2.02. The van der Waals surface area contributed by atoms with E-state index in [4.69, 9.17) is 9.47 Å². The van der Waals surface area contributed by atoms with Crippen LogP contribution >= 0.6 is 0 Å². The van der Waals surface area contributed by atoms with E-state index < -0.39 is 0 Å². The van der Waals surface area contributed by atoms with Gasteiger partial charge in [-0.3, -0.25) is 0 Å². The predicted molar refractivity (Wildman–Crippen MR) is 50.8 cm³/mol. The monoisotopic (exact) mass is 185 g/mol. The number of hydrogen-bond acceptors (Lipinski definition) is 4. The van der Waals surface area contributed by atoms with Gasteiger partial charge in [0.25, 0.3) is 0 Å². The van der Waals surface area contributed by atoms with Crippen LogP contribution in [0.5, 0.6) is 0 Å². The first-order chi connectivity index (χ1) is 6.27. The molecule has 1 radical (unpaired) electrons. The largest absolute Gasteiger partial charge is 0.383 e. The smallest absolute Gasteiger partial charge is 0.0981 e. The van der Waals surface area contributed by atoms with Gasteiger partial charge in [-0.25, -0.2) is 0 Å². The third-order valence-corrected chi connectivity index (χ3v) is 2.02. The molecule has 0 spiro atoms. The fourth-order valence-corrected chi connectivity index (χ4v) is 1.16. The highest BCUT2D eigenvalue weighted by molar-refractivity contribution is 5.11. The van der Waals surface area contributed by atoms with Crippen molar-refractivity contribution in [1.29, 1.82) is 0 Å². The van der Waals surface area contributed by atoms with Crippen LogP contribution in [0.1, 0.15) is 0 Å². The van der Waals surface area contributed by atoms with Crippen molar-refractivity contribution in [3.63, 3.8) is 0 Å². The Kier molecular flexibility index (Phi) is 4.05. The summed E-state index contributed by atoms with van der Waals surface area (Å²) < 4.78 is 10.1. The van der Waals surface area contributed by atoms with E-state index in [2.05, 4.69) is 17.1 Å². The van der Waals surface area contributed by atoms with Crippen LogP contribution in [0, 0.1) is 6.92 Å². The van der Waals surface area contributed by atoms with E-state index in [0.29, 0.717) is 0 Å². The SMILES string of the molecule is [CH2]C(OC)C1=CN(CCOC)CN1. The molecule has 1 aliphatic heterocycles. The van der Waals surface area contributed by atoms with Crippen molar-refractivity contribution in [2.24, 2.45) is 0 Å². The second-order valence-corrected chi connectivity index (χ2v) is 2.95. The number of nitrogens with zero attached hydrogens (tertiary/aromatic N) is 1. The second kappa shape index (κ2) is 5.09. The van der Waals surface area contributed by atoms with Crippen molar-refractivity contribution >= 4 is 0 Å². The summed E-state index contributed by atoms with van der Waals surface area (Å²) in [7, 11) is 3.35. The van der Waals surface area contributed by atoms with Gasteiger partial charge in [0.1, 0.15) is 0 Å². The Morgan fingerprint density at radius 1 is 1.69 bits per heavy atom. The Morgan fingerprint density at radius 3 is 3.08 bits per heavy atom. The van der Waals surface area contributed by atoms with Crippen molar-refractivity contribution in [1.82, 2.24) is 10.2 Å². The van der Waals surface area contributed by atoms with Crippen LogP contribution in [-0.4, -0.2) is 45.0 Å². The summed E-state index contributed by atoms with van der Waals surface area (Å²) in [5, 5.41) is 3.21. The quantitative estimate of drug-likeness (QED) is 0.663. The van der Waals surface area contributed by atoms with Crippen molar-refractivity contribution in [2.45, 2.75) is 6.10 Å². The first-order valence-corrected chi connectivity index (χ1v) is 4.32. The van der Waals surface area contributed by atoms with Gasteiger partial charge in [-0.1, -0.05) is 0 Å². The van der Waals surface area contributed by atoms with E-state index in [1.807, 2.05) is 6.20 Å². The zero-order chi connectivity index (χ0) is 9.68. The molecule has 1 N–H and O–H groups in total. The number of rotatable bonds is 5. The van der Waals surface area contributed by atoms with Crippen molar-refractivity contribution in [3.05, 3.63) is 18.8 Å². The highest BCUT2D eigenvalue weighted by Gasteiger charge is 2.15. The molecule has 1 rings (SSSR count). The molecule has 0 fully saturated rings. The average Bonchev–Trinajstić information content (AvgIpc) is 2.62. The molecule has 1 aliphatic rings. The molecule has 0 bridgehead atoms. The molecular weight excluding hydrogens is 168 g/mol. The second-order valence-electron chi connectivity index (χ2n) is 2.95. The topological polar surface area (TPSA) is 33.7 Å². The standard InChI is InChI=1S/C9H17N2O2/c1-8(13-3)9-6-11(7-10-9)4-5-12-2/h6,8,10H,1,4-5,7H2,2-3H3. The lowest BCUT2D eigenvalue weighted by Gasteiger charge is -2.12. The van der Waals surface area contributed by atoms with Crippen LogP contribution in [0.15, 0.2) is 11.9 Å². The molecule has 4 nitrogen and oxygen atoms in total. The molecule has 1 heterocycles. The molecule has 0 aromatic carbocycles. The first kappa shape index (κ1) is 10.3. The summed E-state index contributed by atoms with van der Waals surface area (Å²) in [6, 6.07) is 0. The maximum atomic E-state index is 5.09. The van der Waals surface area contributed by atoms with E-state index in [9.17, 15) is 0 Å². The summed E-state index contributed by atoms with van der Waals surface area (Å²) in [5.74, 6) is 0. The maximum Gasteiger partial charge on any atom is 0.0981 e. The van der Waals surface area contributed by atoms with Gasteiger partial charge in [-0.05, 0) is 6.92 Å². The van der Waals surface area contributed by atoms with Gasteiger partial charge in [0.2, 0.25) is 0 Å². The Hall–Kier alpha value is -0.740. The zero-order valence-electron chi connectivity index (χ0n) is 8.25. The molecule has 0 aliphatic carbocycles. The maximum absolute atomic E-state index is 5.09. The van der Waals surface area contributed by atoms with E-state index >= 15 is 0 Å². The lowest BCUT2D eigenvalue weighted by molar-refractivity contribution is 0.162. The first-order valence-electron chi connectivity index (χ1n) is 4.32. The summed E-state index contributed by atoms with van der Waals surface area (Å²) in [6.45, 7) is 6.28. The van der Waals surface area contributed by atoms with Crippen LogP contribution in [-0.2, 0) is 9.47 Å². The molecule has 13 heavy (non-hydrogen) atoms. The van der Waals surface area contributed by atoms with Crippen molar-refractivity contribution in [3.8, 4) is 0 Å². The molecule has 1 atom stereocenters. The Balaban J connectivity index is 2.34. The van der Waals surface area contributed by atoms with E-state index in [0.717, 1.165) is 25.5 Å². The molecule has 0 amide bonds. The van der Waals surface area contributed by atoms with Gasteiger partial charge >= 0.3 is 0 Å². The Bertz CT molecular complexity index is 182. The third kappa shape index (κ3) is 2.90. The number of hydrogen-bond donors (Lipinski definition) is 1. The van der Waals surface area contributed by atoms with Crippen LogP contribution in [0.25, 0.3) is 0 Å². The molecule has 0 saturated carbocycles. The molecule has 0 saturated heterocycles. The fraction of sp³-hybridized carbons (Fsp3) is 0.667. The Labute approximate surface area is 79.5 Å². The minimum absolute atomic E-state index is 0.104. The minimum atomic E-state index is -0.104. The molecule has 0 aromatic heterocycles. The molecular formula is C9H17N2O2. The highest BCUT2D eigenvalue weighted by Crippen LogP contribution is 2.08. The fourth-order valence-electron chi connectivity index (χ4n) is 1.16. The normalized spacial score (nSPS) is 18.4. The molecule has 0 aromatic rings. The van der Waals surface area contributed by atoms with E-state index in [1.165, 1.54) is 0 Å². The lowest BCUT2D eigenvalue weighted by Crippen LogP contribution is -2.26. The van der Waals surface area contributed by atoms with Gasteiger partial charge in [0.05, 0.1) is 25.1 Å². The summed E-state index contributed by atoms with van der Waals surface area (Å²) in [4.78, 5) is 2.13. The van der Waals surface area contributed by atoms with Gasteiger partial charge in [0.15, 0.2) is 0 Å². The van der Waals surface area contributed by atoms with Gasteiger partial charge in [-0.2, -0.15) is 0 Å². The molecule has 75 valence electrons. The van der Waals surface area contributed by atoms with Gasteiger partial charge < -0.3 is 19.7 Å². The Morgan fingerprint density at radius 2 is 2.46 bits per heavy atom. The highest BCUT2D eigenvalue weighted by atomic mass is 16.5. The summed E-state index contributed by atoms with van der Waals surface area (Å²) >= 11 is 0. The van der Waals surface area contributed by atoms with Crippen molar-refractivity contribution in [2.75, 3.05) is 34.0 Å².